The molecule has 7 heteroatoms. The van der Waals surface area contributed by atoms with E-state index in [4.69, 9.17) is 5.73 Å². The summed E-state index contributed by atoms with van der Waals surface area (Å²) in [6.07, 6.45) is 10.4. The van der Waals surface area contributed by atoms with Gasteiger partial charge in [-0.05, 0) is 50.9 Å². The van der Waals surface area contributed by atoms with Crippen molar-refractivity contribution in [2.75, 3.05) is 25.9 Å². The summed E-state index contributed by atoms with van der Waals surface area (Å²) in [6.45, 7) is 3.27. The van der Waals surface area contributed by atoms with Crippen LogP contribution in [0, 0.1) is 0 Å². The highest BCUT2D eigenvalue weighted by molar-refractivity contribution is 5.76. The third-order valence-electron chi connectivity index (χ3n) is 5.26. The predicted octanol–water partition coefficient (Wildman–Crippen LogP) is 2.15. The van der Waals surface area contributed by atoms with E-state index in [0.717, 1.165) is 51.1 Å². The average molecular weight is 371 g/mol. The maximum Gasteiger partial charge on any atom is 0.222 e. The van der Waals surface area contributed by atoms with Crippen LogP contribution in [0.1, 0.15) is 37.9 Å². The van der Waals surface area contributed by atoms with Crippen LogP contribution in [0.25, 0.3) is 0 Å². The number of carbonyl (C=O) groups is 1. The molecule has 2 N–H and O–H groups in total. The van der Waals surface area contributed by atoms with Gasteiger partial charge in [-0.25, -0.2) is 9.97 Å². The highest BCUT2D eigenvalue weighted by atomic mass is 16.2. The van der Waals surface area contributed by atoms with Crippen molar-refractivity contribution in [2.24, 2.45) is 0 Å². The van der Waals surface area contributed by atoms with Crippen LogP contribution >= 0.6 is 0 Å². The van der Waals surface area contributed by atoms with Crippen molar-refractivity contribution in [3.63, 3.8) is 0 Å². The van der Waals surface area contributed by atoms with Gasteiger partial charge >= 0.3 is 0 Å². The first-order valence-electron chi connectivity index (χ1n) is 9.78. The molecule has 0 aliphatic carbocycles. The van der Waals surface area contributed by atoms with E-state index in [0.29, 0.717) is 24.8 Å². The minimum absolute atomic E-state index is 0.282. The van der Waals surface area contributed by atoms with Crippen LogP contribution in [0.2, 0.25) is 0 Å². The molecule has 2 aromatic rings. The number of rotatable bonds is 7. The smallest absolute Gasteiger partial charge is 0.222 e. The van der Waals surface area contributed by atoms with Crippen LogP contribution in [0.5, 0.6) is 0 Å². The molecular formula is C20H30N6O. The lowest BCUT2D eigenvalue weighted by molar-refractivity contribution is -0.131. The van der Waals surface area contributed by atoms with Crippen LogP contribution in [0.4, 0.5) is 5.82 Å². The molecule has 27 heavy (non-hydrogen) atoms. The van der Waals surface area contributed by atoms with E-state index in [1.807, 2.05) is 29.4 Å². The lowest BCUT2D eigenvalue weighted by Crippen LogP contribution is -2.35. The van der Waals surface area contributed by atoms with E-state index in [2.05, 4.69) is 26.5 Å². The Morgan fingerprint density at radius 2 is 2.11 bits per heavy atom. The first kappa shape index (κ1) is 19.4. The maximum atomic E-state index is 12.6. The van der Waals surface area contributed by atoms with Crippen molar-refractivity contribution in [3.8, 4) is 0 Å². The number of hydrogen-bond acceptors (Lipinski definition) is 5. The summed E-state index contributed by atoms with van der Waals surface area (Å²) in [4.78, 5) is 25.5. The largest absolute Gasteiger partial charge is 0.384 e. The lowest BCUT2D eigenvalue weighted by atomic mass is 10.1. The Kier molecular flexibility index (Phi) is 6.81. The van der Waals surface area contributed by atoms with Crippen LogP contribution in [-0.2, 0) is 17.9 Å². The van der Waals surface area contributed by atoms with E-state index in [9.17, 15) is 4.79 Å². The number of aryl methyl sites for hydroxylation is 1. The second kappa shape index (κ2) is 9.50. The number of nitrogen functional groups attached to an aromatic ring is 1. The molecule has 1 aliphatic rings. The molecule has 3 heterocycles. The molecule has 3 rings (SSSR count). The number of nitrogens with zero attached hydrogens (tertiary/aromatic N) is 5. The fourth-order valence-electron chi connectivity index (χ4n) is 3.70. The first-order chi connectivity index (χ1) is 13.1. The van der Waals surface area contributed by atoms with E-state index < -0.39 is 0 Å². The van der Waals surface area contributed by atoms with Crippen molar-refractivity contribution < 1.29 is 4.79 Å². The highest BCUT2D eigenvalue weighted by Crippen LogP contribution is 2.18. The molecule has 0 radical (unpaired) electrons. The number of nitrogens with two attached hydrogens (primary N) is 1. The monoisotopic (exact) mass is 370 g/mol. The fraction of sp³-hybridized carbons (Fsp3) is 0.550. The molecule has 146 valence electrons. The van der Waals surface area contributed by atoms with Gasteiger partial charge in [-0.1, -0.05) is 0 Å². The lowest BCUT2D eigenvalue weighted by Gasteiger charge is -2.26. The van der Waals surface area contributed by atoms with Crippen molar-refractivity contribution in [2.45, 2.75) is 51.2 Å². The van der Waals surface area contributed by atoms with Crippen LogP contribution in [0.3, 0.4) is 0 Å². The second-order valence-electron chi connectivity index (χ2n) is 7.30. The number of aromatic nitrogens is 3. The van der Waals surface area contributed by atoms with Gasteiger partial charge in [-0.2, -0.15) is 0 Å². The summed E-state index contributed by atoms with van der Waals surface area (Å²) < 4.78 is 2.12. The predicted molar refractivity (Wildman–Crippen MR) is 106 cm³/mol. The van der Waals surface area contributed by atoms with Crippen molar-refractivity contribution in [1.82, 2.24) is 24.3 Å². The quantitative estimate of drug-likeness (QED) is 0.808. The summed E-state index contributed by atoms with van der Waals surface area (Å²) >= 11 is 0. The normalized spacial score (nSPS) is 17.9. The van der Waals surface area contributed by atoms with E-state index in [-0.39, 0.29) is 5.91 Å². The average Bonchev–Trinajstić information content (AvgIpc) is 3.03. The van der Waals surface area contributed by atoms with Crippen LogP contribution in [0.15, 0.2) is 36.8 Å². The molecule has 2 aromatic heterocycles. The Balaban J connectivity index is 1.44. The summed E-state index contributed by atoms with van der Waals surface area (Å²) in [5.41, 5.74) is 5.74. The number of hydrogen-bond donors (Lipinski definition) is 1. The summed E-state index contributed by atoms with van der Waals surface area (Å²) in [7, 11) is 2.10. The topological polar surface area (TPSA) is 80.3 Å². The molecule has 1 amide bonds. The van der Waals surface area contributed by atoms with Crippen molar-refractivity contribution >= 4 is 11.7 Å². The zero-order valence-electron chi connectivity index (χ0n) is 16.1. The van der Waals surface area contributed by atoms with Crippen molar-refractivity contribution in [1.29, 1.82) is 0 Å². The van der Waals surface area contributed by atoms with E-state index in [1.54, 1.807) is 12.3 Å². The Bertz CT molecular complexity index is 717. The van der Waals surface area contributed by atoms with Gasteiger partial charge in [0.25, 0.3) is 0 Å². The molecule has 0 bridgehead atoms. The Labute approximate surface area is 161 Å². The van der Waals surface area contributed by atoms with Gasteiger partial charge in [0.1, 0.15) is 11.6 Å². The molecule has 0 saturated carbocycles. The molecule has 1 saturated heterocycles. The molecular weight excluding hydrogens is 340 g/mol. The summed E-state index contributed by atoms with van der Waals surface area (Å²) in [5, 5.41) is 0. The van der Waals surface area contributed by atoms with E-state index in [1.165, 1.54) is 0 Å². The Hall–Kier alpha value is -2.41. The number of amides is 1. The fourth-order valence-corrected chi connectivity index (χ4v) is 3.70. The Morgan fingerprint density at radius 1 is 1.30 bits per heavy atom. The highest BCUT2D eigenvalue weighted by Gasteiger charge is 2.23. The molecule has 0 spiro atoms. The van der Waals surface area contributed by atoms with Crippen molar-refractivity contribution in [3.05, 3.63) is 42.6 Å². The maximum absolute atomic E-state index is 12.6. The minimum Gasteiger partial charge on any atom is -0.384 e. The summed E-state index contributed by atoms with van der Waals surface area (Å²) in [5.74, 6) is 1.54. The second-order valence-corrected chi connectivity index (χ2v) is 7.30. The number of anilines is 1. The first-order valence-corrected chi connectivity index (χ1v) is 9.78. The van der Waals surface area contributed by atoms with Gasteiger partial charge in [0.05, 0.1) is 6.54 Å². The molecule has 0 aromatic carbocycles. The van der Waals surface area contributed by atoms with Gasteiger partial charge in [0, 0.05) is 50.7 Å². The number of carbonyl (C=O) groups excluding carboxylic acids is 1. The Morgan fingerprint density at radius 3 is 2.89 bits per heavy atom. The zero-order valence-corrected chi connectivity index (χ0v) is 16.1. The third kappa shape index (κ3) is 5.79. The molecule has 1 fully saturated rings. The zero-order chi connectivity index (χ0) is 19.1. The standard InChI is InChI=1S/C20H30N6O/c1-24(16-19-22-10-8-18(21)23-19)17-6-4-14-26(15-9-17)20(27)7-5-13-25-11-2-3-12-25/h2-3,8,10-12,17H,4-7,9,13-16H2,1H3,(H2,21,22,23)/t17-/m1/s1. The van der Waals surface area contributed by atoms with Crippen LogP contribution in [-0.4, -0.2) is 56.4 Å². The van der Waals surface area contributed by atoms with Gasteiger partial charge in [0.15, 0.2) is 0 Å². The van der Waals surface area contributed by atoms with Gasteiger partial charge < -0.3 is 15.2 Å². The molecule has 1 atom stereocenters. The van der Waals surface area contributed by atoms with Gasteiger partial charge in [-0.15, -0.1) is 0 Å². The van der Waals surface area contributed by atoms with Gasteiger partial charge in [0.2, 0.25) is 5.91 Å². The minimum atomic E-state index is 0.282. The summed E-state index contributed by atoms with van der Waals surface area (Å²) in [6, 6.07) is 6.17. The van der Waals surface area contributed by atoms with Gasteiger partial charge in [-0.3, -0.25) is 9.69 Å². The SMILES string of the molecule is CN(Cc1nccc(N)n1)[C@@H]1CCCN(C(=O)CCCn2cccc2)CC1. The molecule has 1 aliphatic heterocycles. The molecule has 0 unspecified atom stereocenters. The molecule has 7 nitrogen and oxygen atoms in total. The van der Waals surface area contributed by atoms with Crippen LogP contribution < -0.4 is 5.73 Å². The number of likely N-dealkylation sites (tertiary alicyclic amines) is 1. The van der Waals surface area contributed by atoms with E-state index >= 15 is 0 Å². The third-order valence-corrected chi connectivity index (χ3v) is 5.26.